The predicted molar refractivity (Wildman–Crippen MR) is 63.2 cm³/mol. The Bertz CT molecular complexity index is 83.3. The highest BCUT2D eigenvalue weighted by Gasteiger charge is 1.83. The van der Waals surface area contributed by atoms with Crippen LogP contribution >= 0.6 is 0 Å². The zero-order valence-electron chi connectivity index (χ0n) is 9.63. The van der Waals surface area contributed by atoms with Crippen molar-refractivity contribution < 1.29 is 0 Å². The number of nitrogens with one attached hydrogen (secondary N) is 1. The van der Waals surface area contributed by atoms with Crippen molar-refractivity contribution in [2.24, 2.45) is 17.2 Å². The van der Waals surface area contributed by atoms with Gasteiger partial charge in [-0.25, -0.2) is 0 Å². The lowest BCUT2D eigenvalue weighted by molar-refractivity contribution is 0.403. The van der Waals surface area contributed by atoms with Crippen molar-refractivity contribution in [1.82, 2.24) is 10.2 Å². The Morgan fingerprint density at radius 1 is 0.929 bits per heavy atom. The number of nitrogens with two attached hydrogens (primary N) is 3. The van der Waals surface area contributed by atoms with Gasteiger partial charge in [-0.1, -0.05) is 0 Å². The maximum absolute atomic E-state index is 5.25. The molecule has 0 bridgehead atoms. The quantitative estimate of drug-likeness (QED) is 0.375. The number of rotatable bonds is 7. The van der Waals surface area contributed by atoms with E-state index in [4.69, 9.17) is 17.2 Å². The summed E-state index contributed by atoms with van der Waals surface area (Å²) in [6.07, 6.45) is 1.10. The van der Waals surface area contributed by atoms with Crippen LogP contribution in [0.5, 0.6) is 0 Å². The van der Waals surface area contributed by atoms with Crippen LogP contribution in [0.4, 0.5) is 0 Å². The molecule has 0 aliphatic carbocycles. The minimum atomic E-state index is 0.694. The van der Waals surface area contributed by atoms with Crippen molar-refractivity contribution in [3.63, 3.8) is 0 Å². The van der Waals surface area contributed by atoms with Crippen molar-refractivity contribution in [1.29, 1.82) is 0 Å². The first kappa shape index (κ1) is 16.2. The van der Waals surface area contributed by atoms with Crippen molar-refractivity contribution in [2.75, 3.05) is 53.4 Å². The molecule has 0 saturated heterocycles. The minimum absolute atomic E-state index is 0.694. The molecule has 0 radical (unpaired) electrons. The van der Waals surface area contributed by atoms with Crippen LogP contribution in [-0.4, -0.2) is 58.3 Å². The molecule has 0 rings (SSSR count). The van der Waals surface area contributed by atoms with Gasteiger partial charge in [0.25, 0.3) is 0 Å². The summed E-state index contributed by atoms with van der Waals surface area (Å²) in [5, 5.41) is 3.03. The van der Waals surface area contributed by atoms with Gasteiger partial charge >= 0.3 is 0 Å². The third-order valence-corrected chi connectivity index (χ3v) is 1.45. The molecule has 0 aromatic rings. The molecule has 5 heteroatoms. The highest BCUT2D eigenvalue weighted by Crippen LogP contribution is 1.76. The van der Waals surface area contributed by atoms with Crippen LogP contribution in [0, 0.1) is 0 Å². The van der Waals surface area contributed by atoms with E-state index in [0.29, 0.717) is 13.1 Å². The van der Waals surface area contributed by atoms with Crippen LogP contribution < -0.4 is 22.5 Å². The lowest BCUT2D eigenvalue weighted by Gasteiger charge is -2.05. The summed E-state index contributed by atoms with van der Waals surface area (Å²) in [6, 6.07) is 0. The molecule has 5 nitrogen and oxygen atoms in total. The first-order valence-corrected chi connectivity index (χ1v) is 5.14. The van der Waals surface area contributed by atoms with Gasteiger partial charge in [-0.15, -0.1) is 0 Å². The maximum atomic E-state index is 5.25. The molecule has 7 N–H and O–H groups in total. The molecule has 0 saturated carbocycles. The zero-order chi connectivity index (χ0) is 11.2. The molecule has 0 aliphatic heterocycles. The van der Waals surface area contributed by atoms with E-state index in [1.807, 2.05) is 0 Å². The Hall–Kier alpha value is -0.200. The zero-order valence-corrected chi connectivity index (χ0v) is 9.63. The van der Waals surface area contributed by atoms with Gasteiger partial charge in [0.05, 0.1) is 0 Å². The Morgan fingerprint density at radius 2 is 1.43 bits per heavy atom. The fraction of sp³-hybridized carbons (Fsp3) is 1.00. The Kier molecular flexibility index (Phi) is 17.7. The lowest BCUT2D eigenvalue weighted by Crippen LogP contribution is -2.27. The standard InChI is InChI=1S/C5H14N2.C4H13N3/c1-7(2)5-3-4-6;5-1-3-7-4-2-6/h3-6H2,1-2H3;7H,1-6H2. The van der Waals surface area contributed by atoms with Crippen LogP contribution in [0.15, 0.2) is 0 Å². The van der Waals surface area contributed by atoms with Gasteiger partial charge in [-0.2, -0.15) is 0 Å². The van der Waals surface area contributed by atoms with Gasteiger partial charge in [0.1, 0.15) is 0 Å². The minimum Gasteiger partial charge on any atom is -0.330 e. The van der Waals surface area contributed by atoms with Crippen LogP contribution in [0.3, 0.4) is 0 Å². The molecule has 88 valence electrons. The summed E-state index contributed by atoms with van der Waals surface area (Å²) in [5.41, 5.74) is 15.6. The highest BCUT2D eigenvalue weighted by atomic mass is 15.0. The summed E-state index contributed by atoms with van der Waals surface area (Å²) in [5.74, 6) is 0. The first-order chi connectivity index (χ1) is 6.68. The van der Waals surface area contributed by atoms with Crippen LogP contribution in [-0.2, 0) is 0 Å². The van der Waals surface area contributed by atoms with Gasteiger partial charge in [0, 0.05) is 26.2 Å². The molecular formula is C9H27N5. The molecule has 0 spiro atoms. The number of nitrogens with zero attached hydrogens (tertiary/aromatic N) is 1. The topological polar surface area (TPSA) is 93.3 Å². The summed E-state index contributed by atoms with van der Waals surface area (Å²) < 4.78 is 0. The molecule has 0 atom stereocenters. The monoisotopic (exact) mass is 205 g/mol. The van der Waals surface area contributed by atoms with Crippen molar-refractivity contribution >= 4 is 0 Å². The van der Waals surface area contributed by atoms with Crippen LogP contribution in [0.25, 0.3) is 0 Å². The predicted octanol–water partition coefficient (Wildman–Crippen LogP) is -1.61. The van der Waals surface area contributed by atoms with E-state index in [-0.39, 0.29) is 0 Å². The maximum Gasteiger partial charge on any atom is 0.00750 e. The van der Waals surface area contributed by atoms with E-state index in [1.165, 1.54) is 0 Å². The van der Waals surface area contributed by atoms with Crippen LogP contribution in [0.1, 0.15) is 6.42 Å². The lowest BCUT2D eigenvalue weighted by atomic mass is 10.4. The van der Waals surface area contributed by atoms with Gasteiger partial charge < -0.3 is 27.4 Å². The second kappa shape index (κ2) is 15.3. The van der Waals surface area contributed by atoms with Crippen molar-refractivity contribution in [3.05, 3.63) is 0 Å². The molecule has 0 heterocycles. The Labute approximate surface area is 88.0 Å². The molecule has 0 fully saturated rings. The molecule has 0 aromatic carbocycles. The van der Waals surface area contributed by atoms with E-state index in [1.54, 1.807) is 0 Å². The number of hydrogen-bond acceptors (Lipinski definition) is 5. The molecule has 0 aliphatic rings. The van der Waals surface area contributed by atoms with E-state index in [0.717, 1.165) is 32.6 Å². The first-order valence-electron chi connectivity index (χ1n) is 5.14. The SMILES string of the molecule is CN(C)CCCN.NCCNCCN. The smallest absolute Gasteiger partial charge is 0.00750 e. The largest absolute Gasteiger partial charge is 0.330 e. The molecular weight excluding hydrogens is 178 g/mol. The van der Waals surface area contributed by atoms with E-state index < -0.39 is 0 Å². The van der Waals surface area contributed by atoms with E-state index >= 15 is 0 Å². The van der Waals surface area contributed by atoms with Crippen molar-refractivity contribution in [3.8, 4) is 0 Å². The third kappa shape index (κ3) is 22.6. The summed E-state index contributed by atoms with van der Waals surface area (Å²) in [6.45, 7) is 5.04. The third-order valence-electron chi connectivity index (χ3n) is 1.45. The van der Waals surface area contributed by atoms with E-state index in [9.17, 15) is 0 Å². The van der Waals surface area contributed by atoms with Gasteiger partial charge in [-0.05, 0) is 33.6 Å². The Balaban J connectivity index is 0. The van der Waals surface area contributed by atoms with Gasteiger partial charge in [0.2, 0.25) is 0 Å². The average molecular weight is 205 g/mol. The van der Waals surface area contributed by atoms with Crippen molar-refractivity contribution in [2.45, 2.75) is 6.42 Å². The van der Waals surface area contributed by atoms with Gasteiger partial charge in [0.15, 0.2) is 0 Å². The summed E-state index contributed by atoms with van der Waals surface area (Å²) in [7, 11) is 4.10. The fourth-order valence-electron chi connectivity index (χ4n) is 0.737. The molecule has 0 amide bonds. The molecule has 0 unspecified atom stereocenters. The van der Waals surface area contributed by atoms with Crippen LogP contribution in [0.2, 0.25) is 0 Å². The Morgan fingerprint density at radius 3 is 1.64 bits per heavy atom. The second-order valence-electron chi connectivity index (χ2n) is 3.27. The summed E-state index contributed by atoms with van der Waals surface area (Å²) in [4.78, 5) is 2.13. The van der Waals surface area contributed by atoms with Gasteiger partial charge in [-0.3, -0.25) is 0 Å². The molecule has 14 heavy (non-hydrogen) atoms. The normalized spacial score (nSPS) is 9.86. The second-order valence-corrected chi connectivity index (χ2v) is 3.27. The molecule has 0 aromatic heterocycles. The highest BCUT2D eigenvalue weighted by molar-refractivity contribution is 4.45. The van der Waals surface area contributed by atoms with E-state index in [2.05, 4.69) is 24.3 Å². The average Bonchev–Trinajstić information content (AvgIpc) is 2.16. The number of hydrogen-bond donors (Lipinski definition) is 4. The summed E-state index contributed by atoms with van der Waals surface area (Å²) >= 11 is 0. The fourth-order valence-corrected chi connectivity index (χ4v) is 0.737.